The van der Waals surface area contributed by atoms with Crippen molar-refractivity contribution in [2.24, 2.45) is 0 Å². The number of nitrogens with zero attached hydrogens (tertiary/aromatic N) is 1. The van der Waals surface area contributed by atoms with Gasteiger partial charge in [-0.25, -0.2) is 9.69 Å². The molecule has 0 saturated carbocycles. The Balaban J connectivity index is 1.77. The van der Waals surface area contributed by atoms with Crippen LogP contribution in [-0.4, -0.2) is 17.8 Å². The van der Waals surface area contributed by atoms with E-state index in [4.69, 9.17) is 11.6 Å². The predicted molar refractivity (Wildman–Crippen MR) is 133 cm³/mol. The molecule has 0 aliphatic carbocycles. The quantitative estimate of drug-likeness (QED) is 0.338. The lowest BCUT2D eigenvalue weighted by atomic mass is 9.97. The Morgan fingerprint density at radius 3 is 2.45 bits per heavy atom. The number of carbonyl (C=O) groups excluding carboxylic acids is 3. The Morgan fingerprint density at radius 1 is 0.970 bits per heavy atom. The van der Waals surface area contributed by atoms with E-state index < -0.39 is 17.8 Å². The van der Waals surface area contributed by atoms with Crippen molar-refractivity contribution < 1.29 is 14.4 Å². The van der Waals surface area contributed by atoms with E-state index in [1.54, 1.807) is 6.07 Å². The van der Waals surface area contributed by atoms with Gasteiger partial charge in [-0.3, -0.25) is 14.9 Å². The Bertz CT molecular complexity index is 1330. The van der Waals surface area contributed by atoms with Crippen LogP contribution in [0, 0.1) is 13.8 Å². The van der Waals surface area contributed by atoms with Gasteiger partial charge in [0.15, 0.2) is 0 Å². The van der Waals surface area contributed by atoms with Crippen molar-refractivity contribution in [2.45, 2.75) is 20.3 Å². The first-order valence-corrected chi connectivity index (χ1v) is 11.4. The van der Waals surface area contributed by atoms with E-state index in [1.165, 1.54) is 6.08 Å². The van der Waals surface area contributed by atoms with Crippen molar-refractivity contribution in [3.63, 3.8) is 0 Å². The maximum Gasteiger partial charge on any atom is 0.335 e. The summed E-state index contributed by atoms with van der Waals surface area (Å²) in [5.74, 6) is -1.39. The van der Waals surface area contributed by atoms with Crippen LogP contribution in [0.2, 0.25) is 5.02 Å². The number of amides is 4. The second-order valence-corrected chi connectivity index (χ2v) is 9.18. The molecular weight excluding hydrogens is 504 g/mol. The number of nitrogens with one attached hydrogen (secondary N) is 1. The summed E-state index contributed by atoms with van der Waals surface area (Å²) in [6, 6.07) is 17.8. The van der Waals surface area contributed by atoms with Crippen LogP contribution in [0.25, 0.3) is 6.08 Å². The Hall–Kier alpha value is -3.22. The maximum atomic E-state index is 13.3. The minimum Gasteiger partial charge on any atom is -0.273 e. The van der Waals surface area contributed by atoms with Gasteiger partial charge in [-0.1, -0.05) is 69.5 Å². The monoisotopic (exact) mass is 522 g/mol. The molecule has 4 amide bonds. The van der Waals surface area contributed by atoms with Gasteiger partial charge >= 0.3 is 6.03 Å². The third kappa shape index (κ3) is 4.77. The fourth-order valence-corrected chi connectivity index (χ4v) is 4.38. The number of halogens is 2. The molecule has 0 unspecified atom stereocenters. The fourth-order valence-electron chi connectivity index (χ4n) is 3.80. The van der Waals surface area contributed by atoms with E-state index in [2.05, 4.69) is 21.2 Å². The molecule has 1 saturated heterocycles. The third-order valence-corrected chi connectivity index (χ3v) is 6.30. The highest BCUT2D eigenvalue weighted by Gasteiger charge is 2.37. The van der Waals surface area contributed by atoms with Crippen molar-refractivity contribution in [3.05, 3.63) is 104 Å². The van der Waals surface area contributed by atoms with Gasteiger partial charge in [0.05, 0.1) is 5.69 Å². The van der Waals surface area contributed by atoms with Gasteiger partial charge in [-0.15, -0.1) is 0 Å². The molecular formula is C26H20BrClN2O3. The van der Waals surface area contributed by atoms with Crippen LogP contribution in [-0.2, 0) is 16.0 Å². The van der Waals surface area contributed by atoms with Gasteiger partial charge in [0.1, 0.15) is 5.57 Å². The highest BCUT2D eigenvalue weighted by molar-refractivity contribution is 9.10. The lowest BCUT2D eigenvalue weighted by molar-refractivity contribution is -0.122. The van der Waals surface area contributed by atoms with Crippen molar-refractivity contribution >= 4 is 57.1 Å². The zero-order valence-corrected chi connectivity index (χ0v) is 20.3. The molecule has 0 bridgehead atoms. The number of rotatable bonds is 4. The van der Waals surface area contributed by atoms with E-state index in [-0.39, 0.29) is 5.57 Å². The number of aryl methyl sites for hydroxylation is 2. The fraction of sp³-hybridized carbons (Fsp3) is 0.115. The first kappa shape index (κ1) is 23.0. The number of anilines is 1. The average molecular weight is 524 g/mol. The summed E-state index contributed by atoms with van der Waals surface area (Å²) in [4.78, 5) is 39.6. The normalized spacial score (nSPS) is 15.2. The SMILES string of the molecule is Cc1ccc(N2C(=O)NC(=O)/C(=C\c3cc(Br)ccc3Cc3ccccc3Cl)C2=O)c(C)c1. The van der Waals surface area contributed by atoms with Gasteiger partial charge in [0.25, 0.3) is 11.8 Å². The lowest BCUT2D eigenvalue weighted by Gasteiger charge is -2.27. The molecule has 1 N–H and O–H groups in total. The van der Waals surface area contributed by atoms with Crippen LogP contribution in [0.3, 0.4) is 0 Å². The Morgan fingerprint density at radius 2 is 1.73 bits per heavy atom. The van der Waals surface area contributed by atoms with Crippen molar-refractivity contribution in [1.29, 1.82) is 0 Å². The lowest BCUT2D eigenvalue weighted by Crippen LogP contribution is -2.54. The van der Waals surface area contributed by atoms with Crippen molar-refractivity contribution in [1.82, 2.24) is 5.32 Å². The molecule has 0 atom stereocenters. The number of imide groups is 2. The van der Waals surface area contributed by atoms with Crippen LogP contribution in [0.5, 0.6) is 0 Å². The summed E-state index contributed by atoms with van der Waals surface area (Å²) >= 11 is 9.80. The summed E-state index contributed by atoms with van der Waals surface area (Å²) in [5, 5.41) is 2.93. The molecule has 7 heteroatoms. The van der Waals surface area contributed by atoms with Gasteiger partial charge in [0.2, 0.25) is 0 Å². The van der Waals surface area contributed by atoms with Crippen molar-refractivity contribution in [2.75, 3.05) is 4.90 Å². The first-order chi connectivity index (χ1) is 15.7. The summed E-state index contributed by atoms with van der Waals surface area (Å²) in [5.41, 5.74) is 4.57. The third-order valence-electron chi connectivity index (χ3n) is 5.44. The zero-order valence-electron chi connectivity index (χ0n) is 18.0. The summed E-state index contributed by atoms with van der Waals surface area (Å²) in [7, 11) is 0. The second-order valence-electron chi connectivity index (χ2n) is 7.86. The predicted octanol–water partition coefficient (Wildman–Crippen LogP) is 5.98. The maximum absolute atomic E-state index is 13.3. The van der Waals surface area contributed by atoms with E-state index in [0.29, 0.717) is 22.7 Å². The topological polar surface area (TPSA) is 66.5 Å². The molecule has 1 heterocycles. The van der Waals surface area contributed by atoms with Crippen molar-refractivity contribution in [3.8, 4) is 0 Å². The van der Waals surface area contributed by atoms with Crippen LogP contribution in [0.15, 0.2) is 70.7 Å². The zero-order chi connectivity index (χ0) is 23.7. The largest absolute Gasteiger partial charge is 0.335 e. The standard InChI is InChI=1S/C26H20BrClN2O3/c1-15-7-10-23(16(2)11-15)30-25(32)21(24(31)29-26(30)33)14-19-13-20(27)9-8-17(19)12-18-5-3-4-6-22(18)28/h3-11,13-14H,12H2,1-2H3,(H,29,31,33)/b21-14+. The number of carbonyl (C=O) groups is 3. The molecule has 0 spiro atoms. The molecule has 4 rings (SSSR count). The number of hydrogen-bond acceptors (Lipinski definition) is 3. The molecule has 0 aromatic heterocycles. The average Bonchev–Trinajstić information content (AvgIpc) is 2.75. The van der Waals surface area contributed by atoms with E-state index >= 15 is 0 Å². The molecule has 5 nitrogen and oxygen atoms in total. The first-order valence-electron chi connectivity index (χ1n) is 10.2. The number of barbiturate groups is 1. The smallest absolute Gasteiger partial charge is 0.273 e. The highest BCUT2D eigenvalue weighted by Crippen LogP contribution is 2.28. The summed E-state index contributed by atoms with van der Waals surface area (Å²) < 4.78 is 0.795. The number of hydrogen-bond donors (Lipinski definition) is 1. The molecule has 1 aliphatic heterocycles. The highest BCUT2D eigenvalue weighted by atomic mass is 79.9. The number of benzene rings is 3. The van der Waals surface area contributed by atoms with E-state index in [9.17, 15) is 14.4 Å². The van der Waals surface area contributed by atoms with E-state index in [1.807, 2.05) is 68.4 Å². The second kappa shape index (κ2) is 9.33. The number of urea groups is 1. The minimum absolute atomic E-state index is 0.118. The van der Waals surface area contributed by atoms with Gasteiger partial charge in [-0.2, -0.15) is 0 Å². The van der Waals surface area contributed by atoms with Crippen LogP contribution >= 0.6 is 27.5 Å². The molecule has 1 fully saturated rings. The minimum atomic E-state index is -0.764. The van der Waals surface area contributed by atoms with Gasteiger partial charge in [-0.05, 0) is 72.9 Å². The van der Waals surface area contributed by atoms with Gasteiger partial charge < -0.3 is 0 Å². The van der Waals surface area contributed by atoms with Crippen LogP contribution in [0.4, 0.5) is 10.5 Å². The van der Waals surface area contributed by atoms with Gasteiger partial charge in [0, 0.05) is 9.50 Å². The molecule has 3 aromatic rings. The van der Waals surface area contributed by atoms with E-state index in [0.717, 1.165) is 31.6 Å². The molecule has 0 radical (unpaired) electrons. The summed E-state index contributed by atoms with van der Waals surface area (Å²) in [6.07, 6.45) is 2.04. The Kier molecular flexibility index (Phi) is 6.49. The molecule has 166 valence electrons. The molecule has 3 aromatic carbocycles. The molecule has 1 aliphatic rings. The van der Waals surface area contributed by atoms with Crippen LogP contribution in [0.1, 0.15) is 27.8 Å². The van der Waals surface area contributed by atoms with Crippen LogP contribution < -0.4 is 10.2 Å². The summed E-state index contributed by atoms with van der Waals surface area (Å²) in [6.45, 7) is 3.75. The molecule has 33 heavy (non-hydrogen) atoms. The Labute approximate surface area is 205 Å².